The number of amides is 4. The van der Waals surface area contributed by atoms with E-state index in [1.807, 2.05) is 12.1 Å². The third kappa shape index (κ3) is 6.21. The van der Waals surface area contributed by atoms with E-state index in [0.29, 0.717) is 33.6 Å². The Labute approximate surface area is 277 Å². The van der Waals surface area contributed by atoms with Gasteiger partial charge >= 0.3 is 6.09 Å². The van der Waals surface area contributed by atoms with E-state index in [0.717, 1.165) is 5.39 Å². The molecule has 4 amide bonds. The molecule has 4 aromatic carbocycles. The Hall–Kier alpha value is -5.27. The molecule has 0 atom stereocenters. The second-order valence-corrected chi connectivity index (χ2v) is 13.4. The van der Waals surface area contributed by atoms with E-state index < -0.39 is 33.8 Å². The summed E-state index contributed by atoms with van der Waals surface area (Å²) in [5.74, 6) is -0.953. The van der Waals surface area contributed by atoms with Gasteiger partial charge in [-0.15, -0.1) is 0 Å². The number of rotatable bonds is 9. The van der Waals surface area contributed by atoms with Gasteiger partial charge in [0.15, 0.2) is 0 Å². The number of ether oxygens (including phenoxy) is 2. The normalized spacial score (nSPS) is 15.3. The van der Waals surface area contributed by atoms with Gasteiger partial charge in [0.2, 0.25) is 15.9 Å². The molecular weight excluding hydrogens is 636 g/mol. The predicted octanol–water partition coefficient (Wildman–Crippen LogP) is 4.76. The molecule has 0 spiro atoms. The lowest BCUT2D eigenvalue weighted by Gasteiger charge is -2.35. The molecule has 12 nitrogen and oxygen atoms in total. The Morgan fingerprint density at radius 3 is 2.02 bits per heavy atom. The van der Waals surface area contributed by atoms with Crippen molar-refractivity contribution >= 4 is 56.0 Å². The highest BCUT2D eigenvalue weighted by molar-refractivity contribution is 7.89. The Kier molecular flexibility index (Phi) is 9.16. The SMILES string of the molecule is COC(=O)Nc1ccc(S(=O)(=O)N2CCC(C(=O)N(CCN3C(=O)c4cccc5cccc(c45)C3=O)c3ccc(OC)cc3)CC2)cc1. The number of hydrogen-bond donors (Lipinski definition) is 1. The first-order valence-electron chi connectivity index (χ1n) is 15.4. The lowest BCUT2D eigenvalue weighted by molar-refractivity contribution is -0.123. The van der Waals surface area contributed by atoms with Gasteiger partial charge in [0.05, 0.1) is 19.1 Å². The van der Waals surface area contributed by atoms with Crippen molar-refractivity contribution in [3.63, 3.8) is 0 Å². The molecule has 0 radical (unpaired) electrons. The number of carbonyl (C=O) groups excluding carboxylic acids is 4. The van der Waals surface area contributed by atoms with Crippen molar-refractivity contribution < 1.29 is 37.1 Å². The number of anilines is 2. The molecule has 2 heterocycles. The summed E-state index contributed by atoms with van der Waals surface area (Å²) in [7, 11) is -1.08. The third-order valence-corrected chi connectivity index (χ3v) is 10.7. The molecule has 248 valence electrons. The van der Waals surface area contributed by atoms with Crippen LogP contribution in [0.4, 0.5) is 16.2 Å². The van der Waals surface area contributed by atoms with Gasteiger partial charge in [0.1, 0.15) is 5.75 Å². The molecule has 4 aromatic rings. The van der Waals surface area contributed by atoms with E-state index in [2.05, 4.69) is 10.1 Å². The van der Waals surface area contributed by atoms with Crippen LogP contribution in [-0.2, 0) is 19.6 Å². The first kappa shape index (κ1) is 32.7. The molecule has 0 aromatic heterocycles. The average molecular weight is 671 g/mol. The first-order chi connectivity index (χ1) is 23.1. The lowest BCUT2D eigenvalue weighted by atomic mass is 9.94. The van der Waals surface area contributed by atoms with Crippen molar-refractivity contribution in [3.8, 4) is 5.75 Å². The maximum absolute atomic E-state index is 14.1. The monoisotopic (exact) mass is 670 g/mol. The van der Waals surface area contributed by atoms with Crippen molar-refractivity contribution in [3.05, 3.63) is 96.1 Å². The molecule has 1 fully saturated rings. The quantitative estimate of drug-likeness (QED) is 0.251. The summed E-state index contributed by atoms with van der Waals surface area (Å²) >= 11 is 0. The number of nitrogens with one attached hydrogen (secondary N) is 1. The highest BCUT2D eigenvalue weighted by Gasteiger charge is 2.36. The largest absolute Gasteiger partial charge is 0.497 e. The average Bonchev–Trinajstić information content (AvgIpc) is 3.12. The molecule has 1 saturated heterocycles. The van der Waals surface area contributed by atoms with Crippen LogP contribution in [0.25, 0.3) is 10.8 Å². The van der Waals surface area contributed by atoms with Crippen LogP contribution in [0.2, 0.25) is 0 Å². The van der Waals surface area contributed by atoms with Crippen molar-refractivity contribution in [1.82, 2.24) is 9.21 Å². The van der Waals surface area contributed by atoms with Crippen LogP contribution in [0.3, 0.4) is 0 Å². The minimum absolute atomic E-state index is 0.0335. The zero-order valence-electron chi connectivity index (χ0n) is 26.4. The molecule has 0 aliphatic carbocycles. The number of piperidine rings is 1. The predicted molar refractivity (Wildman–Crippen MR) is 179 cm³/mol. The van der Waals surface area contributed by atoms with Gasteiger partial charge in [0.25, 0.3) is 11.8 Å². The molecule has 2 aliphatic heterocycles. The van der Waals surface area contributed by atoms with Crippen LogP contribution < -0.4 is 15.0 Å². The summed E-state index contributed by atoms with van der Waals surface area (Å²) in [6.07, 6.45) is -0.106. The second kappa shape index (κ2) is 13.5. The number of nitrogens with zero attached hydrogens (tertiary/aromatic N) is 3. The summed E-state index contributed by atoms with van der Waals surface area (Å²) in [5, 5.41) is 3.92. The fourth-order valence-corrected chi connectivity index (χ4v) is 7.67. The van der Waals surface area contributed by atoms with Crippen molar-refractivity contribution in [2.75, 3.05) is 50.6 Å². The summed E-state index contributed by atoms with van der Waals surface area (Å²) in [6.45, 7) is 0.266. The Balaban J connectivity index is 1.17. The maximum atomic E-state index is 14.1. The van der Waals surface area contributed by atoms with E-state index in [9.17, 15) is 27.6 Å². The number of carbonyl (C=O) groups is 4. The van der Waals surface area contributed by atoms with Gasteiger partial charge < -0.3 is 14.4 Å². The molecule has 0 saturated carbocycles. The van der Waals surface area contributed by atoms with Gasteiger partial charge in [-0.3, -0.25) is 24.6 Å². The molecule has 6 rings (SSSR count). The smallest absolute Gasteiger partial charge is 0.411 e. The Morgan fingerprint density at radius 1 is 0.854 bits per heavy atom. The van der Waals surface area contributed by atoms with Crippen LogP contribution in [0.15, 0.2) is 89.8 Å². The standard InChI is InChI=1S/C35H34N4O8S/c1-46-27-13-11-26(12-14-27)38(21-22-39-33(41)29-7-3-5-23-6-4-8-30(31(23)29)34(39)42)32(40)24-17-19-37(20-18-24)48(44,45)28-15-9-25(10-16-28)36-35(43)47-2/h3-16,24H,17-22H2,1-2H3,(H,36,43). The summed E-state index contributed by atoms with van der Waals surface area (Å²) in [6, 6.07) is 23.4. The van der Waals surface area contributed by atoms with Crippen LogP contribution in [0.1, 0.15) is 33.6 Å². The third-order valence-electron chi connectivity index (χ3n) is 8.78. The Bertz CT molecular complexity index is 1940. The molecule has 0 bridgehead atoms. The minimum atomic E-state index is -3.85. The zero-order chi connectivity index (χ0) is 34.0. The number of methoxy groups -OCH3 is 2. The van der Waals surface area contributed by atoms with Crippen molar-refractivity contribution in [2.24, 2.45) is 5.92 Å². The number of benzene rings is 4. The van der Waals surface area contributed by atoms with E-state index in [4.69, 9.17) is 4.74 Å². The maximum Gasteiger partial charge on any atom is 0.411 e. The number of imide groups is 1. The van der Waals surface area contributed by atoms with Crippen molar-refractivity contribution in [1.29, 1.82) is 0 Å². The highest BCUT2D eigenvalue weighted by Crippen LogP contribution is 2.32. The van der Waals surface area contributed by atoms with Gasteiger partial charge in [-0.25, -0.2) is 13.2 Å². The molecule has 13 heteroatoms. The van der Waals surface area contributed by atoms with Gasteiger partial charge in [-0.05, 0) is 78.9 Å². The second-order valence-electron chi connectivity index (χ2n) is 11.5. The van der Waals surface area contributed by atoms with E-state index in [1.54, 1.807) is 60.5 Å². The topological polar surface area (TPSA) is 143 Å². The molecule has 48 heavy (non-hydrogen) atoms. The van der Waals surface area contributed by atoms with Crippen LogP contribution >= 0.6 is 0 Å². The number of hydrogen-bond acceptors (Lipinski definition) is 8. The lowest BCUT2D eigenvalue weighted by Crippen LogP contribution is -2.48. The molecule has 0 unspecified atom stereocenters. The van der Waals surface area contributed by atoms with E-state index in [1.165, 1.54) is 40.6 Å². The zero-order valence-corrected chi connectivity index (χ0v) is 27.2. The first-order valence-corrected chi connectivity index (χ1v) is 16.8. The van der Waals surface area contributed by atoms with Gasteiger partial charge in [-0.1, -0.05) is 24.3 Å². The molecule has 1 N–H and O–H groups in total. The summed E-state index contributed by atoms with van der Waals surface area (Å²) < 4.78 is 38.0. The molecular formula is C35H34N4O8S. The Morgan fingerprint density at radius 2 is 1.46 bits per heavy atom. The van der Waals surface area contributed by atoms with E-state index in [-0.39, 0.29) is 49.8 Å². The summed E-state index contributed by atoms with van der Waals surface area (Å²) in [5.41, 5.74) is 1.83. The van der Waals surface area contributed by atoms with Crippen molar-refractivity contribution in [2.45, 2.75) is 17.7 Å². The number of sulfonamides is 1. The highest BCUT2D eigenvalue weighted by atomic mass is 32.2. The van der Waals surface area contributed by atoms with Crippen LogP contribution in [-0.4, -0.2) is 81.8 Å². The van der Waals surface area contributed by atoms with E-state index >= 15 is 0 Å². The van der Waals surface area contributed by atoms with Gasteiger partial charge in [-0.2, -0.15) is 4.31 Å². The van der Waals surface area contributed by atoms with Gasteiger partial charge in [0, 0.05) is 60.0 Å². The van der Waals surface area contributed by atoms with Crippen LogP contribution in [0.5, 0.6) is 5.75 Å². The summed E-state index contributed by atoms with van der Waals surface area (Å²) in [4.78, 5) is 55.5. The fourth-order valence-electron chi connectivity index (χ4n) is 6.20. The molecule has 2 aliphatic rings. The minimum Gasteiger partial charge on any atom is -0.497 e. The fraction of sp³-hybridized carbons (Fsp3) is 0.257. The van der Waals surface area contributed by atoms with Crippen LogP contribution in [0, 0.1) is 5.92 Å².